The zero-order valence-corrected chi connectivity index (χ0v) is 50.3. The quantitative estimate of drug-likeness (QED) is 0.0254. The van der Waals surface area contributed by atoms with Crippen molar-refractivity contribution >= 4 is 47.8 Å². The molecule has 0 aromatic heterocycles. The molecule has 26 nitrogen and oxygen atoms in total. The van der Waals surface area contributed by atoms with Crippen LogP contribution >= 0.6 is 0 Å². The van der Waals surface area contributed by atoms with E-state index in [4.69, 9.17) is 29.2 Å². The monoisotopic (exact) mass is 1120 g/mol. The van der Waals surface area contributed by atoms with Gasteiger partial charge in [-0.05, 0) is 29.6 Å². The molecule has 0 aliphatic carbocycles. The number of hydrogen-bond donors (Lipinski definition) is 6. The fourth-order valence-electron chi connectivity index (χ4n) is 4.07. The molecule has 0 saturated heterocycles. The zero-order chi connectivity index (χ0) is 62.8. The molecule has 0 saturated carbocycles. The molecule has 0 rings (SSSR count). The van der Waals surface area contributed by atoms with E-state index in [0.29, 0.717) is 26.4 Å². The lowest BCUT2D eigenvalue weighted by Gasteiger charge is -2.29. The van der Waals surface area contributed by atoms with Crippen LogP contribution in [-0.4, -0.2) is 270 Å². The largest absolute Gasteiger partial charge is 0.550 e. The van der Waals surface area contributed by atoms with Gasteiger partial charge in [0.1, 0.15) is 58.2 Å². The molecule has 0 spiro atoms. The van der Waals surface area contributed by atoms with Gasteiger partial charge >= 0.3 is 23.9 Å². The number of aliphatic hydroxyl groups excluding tert-OH is 5. The summed E-state index contributed by atoms with van der Waals surface area (Å²) in [4.78, 5) is 84.5. The van der Waals surface area contributed by atoms with E-state index in [9.17, 15) is 79.2 Å². The summed E-state index contributed by atoms with van der Waals surface area (Å²) in [7, 11) is 24.2. The number of carbonyl (C=O) groups excluding carboxylic acids is 8. The third kappa shape index (κ3) is 54.5. The van der Waals surface area contributed by atoms with E-state index < -0.39 is 96.7 Å². The van der Waals surface area contributed by atoms with Crippen LogP contribution in [0.5, 0.6) is 0 Å². The predicted octanol–water partition coefficient (Wildman–Crippen LogP) is -5.49. The van der Waals surface area contributed by atoms with Gasteiger partial charge in [-0.1, -0.05) is 69.2 Å². The Kier molecular flexibility index (Phi) is 44.0. The van der Waals surface area contributed by atoms with Gasteiger partial charge in [-0.3, -0.25) is 0 Å². The third-order valence-electron chi connectivity index (χ3n) is 9.64. The van der Waals surface area contributed by atoms with E-state index in [1.165, 1.54) is 0 Å². The molecule has 26 heteroatoms. The van der Waals surface area contributed by atoms with E-state index in [2.05, 4.69) is 0 Å². The summed E-state index contributed by atoms with van der Waals surface area (Å²) in [6.07, 6.45) is -8.03. The van der Waals surface area contributed by atoms with Gasteiger partial charge in [0, 0.05) is 24.8 Å². The van der Waals surface area contributed by atoms with Gasteiger partial charge in [0.05, 0.1) is 103 Å². The van der Waals surface area contributed by atoms with E-state index in [1.807, 2.05) is 84.6 Å². The maximum absolute atomic E-state index is 11.2. The highest BCUT2D eigenvalue weighted by molar-refractivity contribution is 5.86. The smallest absolute Gasteiger partial charge is 0.335 e. The first-order valence-corrected chi connectivity index (χ1v) is 25.1. The van der Waals surface area contributed by atoms with Gasteiger partial charge in [0.2, 0.25) is 0 Å². The molecule has 5 unspecified atom stereocenters. The van der Waals surface area contributed by atoms with Crippen LogP contribution in [0.4, 0.5) is 0 Å². The van der Waals surface area contributed by atoms with Gasteiger partial charge in [-0.25, -0.2) is 19.2 Å². The van der Waals surface area contributed by atoms with Gasteiger partial charge in [-0.15, -0.1) is 0 Å². The summed E-state index contributed by atoms with van der Waals surface area (Å²) >= 11 is 0. The van der Waals surface area contributed by atoms with Crippen LogP contribution in [0.15, 0.2) is 0 Å². The number of aliphatic hydroxyl groups is 6. The number of likely N-dealkylation sites (N-methyl/N-ethyl adjacent to an activating group) is 4. The highest BCUT2D eigenvalue weighted by atomic mass is 16.6. The molecular weight excluding hydrogens is 1020 g/mol. The molecular formula is C51H102N4O22. The lowest BCUT2D eigenvalue weighted by Crippen LogP contribution is -2.54. The molecule has 0 aromatic carbocycles. The summed E-state index contributed by atoms with van der Waals surface area (Å²) in [5.74, 6) is -10.1. The Morgan fingerprint density at radius 2 is 0.532 bits per heavy atom. The topological polar surface area (TPSA) is 387 Å². The molecule has 0 aliphatic rings. The predicted molar refractivity (Wildman–Crippen MR) is 274 cm³/mol. The Bertz CT molecular complexity index is 1510. The van der Waals surface area contributed by atoms with Crippen molar-refractivity contribution in [1.29, 1.82) is 0 Å². The van der Waals surface area contributed by atoms with E-state index >= 15 is 0 Å². The number of carboxylic acids is 4. The molecule has 0 fully saturated rings. The number of carbonyl (C=O) groups is 8. The Morgan fingerprint density at radius 1 is 0.364 bits per heavy atom. The van der Waals surface area contributed by atoms with Crippen molar-refractivity contribution in [2.45, 2.75) is 118 Å². The SMILES string of the molecule is CC(C)C(O)C(=O)OCC[N+](C)(C)C.CC(C)C(O)C(=O)OCC[N+](C)(C)C.CC(C)C(O)C(=O)OCC[N+](C)(C)C.CC(C)C(O)C(=O)OCC[N+](C)(C)C.CC(C)C(O)C(=O)[O-].O=C([O-])CC(O)(CC(=O)[O-])C(=O)[O-]. The first-order chi connectivity index (χ1) is 34.3. The summed E-state index contributed by atoms with van der Waals surface area (Å²) in [5, 5.41) is 94.6. The number of ether oxygens (including phenoxy) is 4. The minimum atomic E-state index is -2.97. The van der Waals surface area contributed by atoms with Crippen molar-refractivity contribution in [3.05, 3.63) is 0 Å². The molecule has 6 N–H and O–H groups in total. The highest BCUT2D eigenvalue weighted by Gasteiger charge is 2.29. The third-order valence-corrected chi connectivity index (χ3v) is 9.64. The normalized spacial score (nSPS) is 13.6. The molecule has 0 amide bonds. The highest BCUT2D eigenvalue weighted by Crippen LogP contribution is 2.13. The van der Waals surface area contributed by atoms with Crippen molar-refractivity contribution in [3.8, 4) is 0 Å². The van der Waals surface area contributed by atoms with E-state index in [1.54, 1.807) is 69.2 Å². The second-order valence-corrected chi connectivity index (χ2v) is 23.9. The summed E-state index contributed by atoms with van der Waals surface area (Å²) in [6, 6.07) is 0. The molecule has 458 valence electrons. The maximum atomic E-state index is 11.2. The van der Waals surface area contributed by atoms with Crippen LogP contribution in [0.1, 0.15) is 82.1 Å². The van der Waals surface area contributed by atoms with Crippen LogP contribution in [-0.2, 0) is 57.3 Å². The number of esters is 4. The average Bonchev–Trinajstić information content (AvgIpc) is 3.23. The standard InChI is InChI=1S/4C10H22NO3.C6H8O7.C5H10O3/c4*1-8(2)9(12)10(13)14-7-6-11(3,4)5;7-3(8)1-6(13,5(11)12)2-4(9)10;1-3(2)4(6)5(7)8/h4*8-9,12H,6-7H2,1-5H3;13H,1-2H2,(H,7,8)(H,9,10)(H,11,12);3-4,6H,1-2H3,(H,7,8)/q4*+1;;/p-4. The molecule has 77 heavy (non-hydrogen) atoms. The molecule has 0 bridgehead atoms. The van der Waals surface area contributed by atoms with Crippen LogP contribution in [0.2, 0.25) is 0 Å². The number of aliphatic carboxylic acids is 4. The van der Waals surface area contributed by atoms with Gasteiger partial charge in [-0.2, -0.15) is 0 Å². The van der Waals surface area contributed by atoms with Gasteiger partial charge in [0.15, 0.2) is 24.4 Å². The fourth-order valence-corrected chi connectivity index (χ4v) is 4.07. The van der Waals surface area contributed by atoms with E-state index in [0.717, 1.165) is 44.1 Å². The van der Waals surface area contributed by atoms with Crippen molar-refractivity contribution in [3.63, 3.8) is 0 Å². The first-order valence-electron chi connectivity index (χ1n) is 25.1. The lowest BCUT2D eigenvalue weighted by molar-refractivity contribution is -0.870. The molecule has 0 aromatic rings. The summed E-state index contributed by atoms with van der Waals surface area (Å²) < 4.78 is 22.7. The minimum Gasteiger partial charge on any atom is -0.550 e. The van der Waals surface area contributed by atoms with Crippen molar-refractivity contribution in [2.75, 3.05) is 137 Å². The van der Waals surface area contributed by atoms with Gasteiger partial charge < -0.3 is 107 Å². The average molecular weight is 1120 g/mol. The second kappa shape index (κ2) is 40.5. The van der Waals surface area contributed by atoms with Crippen molar-refractivity contribution < 1.29 is 126 Å². The number of rotatable bonds is 27. The molecule has 0 heterocycles. The molecule has 5 atom stereocenters. The van der Waals surface area contributed by atoms with Crippen LogP contribution in [0.25, 0.3) is 0 Å². The molecule has 0 aliphatic heterocycles. The Labute approximate surface area is 458 Å². The van der Waals surface area contributed by atoms with Crippen molar-refractivity contribution in [2.24, 2.45) is 29.6 Å². The van der Waals surface area contributed by atoms with Crippen LogP contribution in [0.3, 0.4) is 0 Å². The lowest BCUT2D eigenvalue weighted by atomic mass is 9.96. The Balaban J connectivity index is -0.000000198. The summed E-state index contributed by atoms with van der Waals surface area (Å²) in [6.45, 7) is 21.9. The molecule has 0 radical (unpaired) electrons. The number of carboxylic acid groups (broad SMARTS) is 4. The summed E-state index contributed by atoms with van der Waals surface area (Å²) in [5.41, 5.74) is -2.97. The van der Waals surface area contributed by atoms with Crippen LogP contribution in [0, 0.1) is 29.6 Å². The van der Waals surface area contributed by atoms with Crippen molar-refractivity contribution in [1.82, 2.24) is 0 Å². The maximum Gasteiger partial charge on any atom is 0.335 e. The second-order valence-electron chi connectivity index (χ2n) is 23.9. The van der Waals surface area contributed by atoms with E-state index in [-0.39, 0.29) is 29.6 Å². The first kappa shape index (κ1) is 83.7. The zero-order valence-electron chi connectivity index (χ0n) is 50.3. The van der Waals surface area contributed by atoms with Gasteiger partial charge in [0.25, 0.3) is 0 Å². The Hall–Kier alpha value is -4.64. The Morgan fingerprint density at radius 3 is 0.623 bits per heavy atom. The van der Waals surface area contributed by atoms with Crippen LogP contribution < -0.4 is 20.4 Å². The number of hydrogen-bond acceptors (Lipinski definition) is 22. The minimum absolute atomic E-state index is 0.0911. The number of nitrogens with zero attached hydrogens (tertiary/aromatic N) is 4. The fraction of sp³-hybridized carbons (Fsp3) is 0.843. The number of quaternary nitrogens is 4.